The summed E-state index contributed by atoms with van der Waals surface area (Å²) < 4.78 is 0. The van der Waals surface area contributed by atoms with Gasteiger partial charge in [-0.3, -0.25) is 4.79 Å². The van der Waals surface area contributed by atoms with Gasteiger partial charge in [0, 0.05) is 17.4 Å². The largest absolute Gasteiger partial charge is 0.352 e. The smallest absolute Gasteiger partial charge is 0.238 e. The molecule has 1 fully saturated rings. The molecular weight excluding hydrogens is 306 g/mol. The Balaban J connectivity index is 1.87. The van der Waals surface area contributed by atoms with Crippen molar-refractivity contribution in [3.63, 3.8) is 0 Å². The summed E-state index contributed by atoms with van der Waals surface area (Å²) in [5, 5.41) is 3.43. The summed E-state index contributed by atoms with van der Waals surface area (Å²) in [6, 6.07) is 10.2. The topological polar surface area (TPSA) is 54.9 Å². The highest BCUT2D eigenvalue weighted by molar-refractivity contribution is 8.00. The van der Waals surface area contributed by atoms with E-state index >= 15 is 0 Å². The molecule has 1 aliphatic rings. The molecular formula is C18H21N3OS. The lowest BCUT2D eigenvalue weighted by molar-refractivity contribution is -0.120. The molecule has 4 nitrogen and oxygen atoms in total. The van der Waals surface area contributed by atoms with Crippen molar-refractivity contribution in [1.82, 2.24) is 15.3 Å². The van der Waals surface area contributed by atoms with Crippen molar-refractivity contribution in [2.75, 3.05) is 0 Å². The van der Waals surface area contributed by atoms with E-state index in [2.05, 4.69) is 15.3 Å². The summed E-state index contributed by atoms with van der Waals surface area (Å²) >= 11 is 1.42. The molecule has 5 heteroatoms. The van der Waals surface area contributed by atoms with Gasteiger partial charge in [0.05, 0.1) is 0 Å². The highest BCUT2D eigenvalue weighted by Crippen LogP contribution is 2.35. The van der Waals surface area contributed by atoms with Gasteiger partial charge in [-0.1, -0.05) is 42.1 Å². The minimum atomic E-state index is -0.321. The fourth-order valence-electron chi connectivity index (χ4n) is 2.30. The van der Waals surface area contributed by atoms with Gasteiger partial charge < -0.3 is 5.32 Å². The van der Waals surface area contributed by atoms with Crippen molar-refractivity contribution < 1.29 is 4.79 Å². The average Bonchev–Trinajstić information content (AvgIpc) is 3.35. The number of hydrogen-bond donors (Lipinski definition) is 1. The molecule has 0 bridgehead atoms. The van der Waals surface area contributed by atoms with Crippen molar-refractivity contribution in [1.29, 1.82) is 0 Å². The zero-order valence-corrected chi connectivity index (χ0v) is 14.5. The van der Waals surface area contributed by atoms with Crippen molar-refractivity contribution in [2.45, 2.75) is 50.1 Å². The Morgan fingerprint density at radius 3 is 2.30 bits per heavy atom. The molecule has 2 aromatic rings. The van der Waals surface area contributed by atoms with Gasteiger partial charge in [0.1, 0.15) is 5.25 Å². The standard InChI is InChI=1S/C18H21N3OS/c1-11-12(2)19-18(20-13(11)3)23-16(14-7-5-4-6-8-14)17(22)21-15-9-10-15/h4-8,15-16H,9-10H2,1-3H3,(H,21,22)/t16-/m0/s1. The first-order chi connectivity index (χ1) is 11.0. The van der Waals surface area contributed by atoms with Crippen molar-refractivity contribution in [3.05, 3.63) is 52.8 Å². The molecule has 0 unspecified atom stereocenters. The molecule has 0 aliphatic heterocycles. The number of nitrogens with one attached hydrogen (secondary N) is 1. The maximum absolute atomic E-state index is 12.6. The lowest BCUT2D eigenvalue weighted by Gasteiger charge is -2.17. The number of aryl methyl sites for hydroxylation is 2. The summed E-state index contributed by atoms with van der Waals surface area (Å²) in [5.74, 6) is 0.0446. The number of hydrogen-bond acceptors (Lipinski definition) is 4. The number of amides is 1. The summed E-state index contributed by atoms with van der Waals surface area (Å²) in [4.78, 5) is 21.7. The number of thioether (sulfide) groups is 1. The number of aromatic nitrogens is 2. The highest BCUT2D eigenvalue weighted by Gasteiger charge is 2.29. The van der Waals surface area contributed by atoms with Crippen LogP contribution in [0.1, 0.15) is 40.6 Å². The van der Waals surface area contributed by atoms with E-state index in [1.807, 2.05) is 51.1 Å². The van der Waals surface area contributed by atoms with E-state index in [0.717, 1.165) is 35.4 Å². The predicted octanol–water partition coefficient (Wildman–Crippen LogP) is 3.51. The Labute approximate surface area is 141 Å². The molecule has 1 amide bonds. The maximum Gasteiger partial charge on any atom is 0.238 e. The molecule has 1 aromatic carbocycles. The quantitative estimate of drug-likeness (QED) is 0.674. The van der Waals surface area contributed by atoms with E-state index in [1.165, 1.54) is 11.8 Å². The maximum atomic E-state index is 12.6. The zero-order valence-electron chi connectivity index (χ0n) is 13.7. The van der Waals surface area contributed by atoms with Crippen LogP contribution < -0.4 is 5.32 Å². The van der Waals surface area contributed by atoms with Crippen LogP contribution >= 0.6 is 11.8 Å². The Hall–Kier alpha value is -1.88. The van der Waals surface area contributed by atoms with E-state index < -0.39 is 0 Å². The molecule has 0 radical (unpaired) electrons. The number of rotatable bonds is 5. The van der Waals surface area contributed by atoms with Gasteiger partial charge in [0.15, 0.2) is 5.16 Å². The fourth-order valence-corrected chi connectivity index (χ4v) is 3.36. The van der Waals surface area contributed by atoms with Crippen LogP contribution in [0.3, 0.4) is 0 Å². The normalized spacial score (nSPS) is 15.3. The van der Waals surface area contributed by atoms with Crippen LogP contribution in [0.4, 0.5) is 0 Å². The van der Waals surface area contributed by atoms with Gasteiger partial charge in [0.25, 0.3) is 0 Å². The Morgan fingerprint density at radius 1 is 1.13 bits per heavy atom. The van der Waals surface area contributed by atoms with Crippen LogP contribution in [0, 0.1) is 20.8 Å². The Morgan fingerprint density at radius 2 is 1.74 bits per heavy atom. The number of nitrogens with zero attached hydrogens (tertiary/aromatic N) is 2. The minimum Gasteiger partial charge on any atom is -0.352 e. The molecule has 3 rings (SSSR count). The van der Waals surface area contributed by atoms with Gasteiger partial charge in [-0.2, -0.15) is 0 Å². The first kappa shape index (κ1) is 16.0. The first-order valence-electron chi connectivity index (χ1n) is 7.88. The fraction of sp³-hybridized carbons (Fsp3) is 0.389. The molecule has 0 spiro atoms. The second kappa shape index (κ2) is 6.71. The van der Waals surface area contributed by atoms with Crippen molar-refractivity contribution in [2.24, 2.45) is 0 Å². The van der Waals surface area contributed by atoms with Crippen molar-refractivity contribution >= 4 is 17.7 Å². The monoisotopic (exact) mass is 327 g/mol. The second-order valence-electron chi connectivity index (χ2n) is 5.99. The van der Waals surface area contributed by atoms with E-state index in [4.69, 9.17) is 0 Å². The summed E-state index contributed by atoms with van der Waals surface area (Å²) in [6.45, 7) is 5.99. The third-order valence-corrected chi connectivity index (χ3v) is 5.21. The summed E-state index contributed by atoms with van der Waals surface area (Å²) in [7, 11) is 0. The van der Waals surface area contributed by atoms with Crippen LogP contribution in [0.15, 0.2) is 35.5 Å². The van der Waals surface area contributed by atoms with Crippen LogP contribution in [0.5, 0.6) is 0 Å². The molecule has 1 saturated carbocycles. The molecule has 0 saturated heterocycles. The molecule has 1 atom stereocenters. The Kier molecular flexibility index (Phi) is 4.66. The molecule has 1 N–H and O–H groups in total. The third kappa shape index (κ3) is 3.91. The van der Waals surface area contributed by atoms with Gasteiger partial charge in [-0.15, -0.1) is 0 Å². The number of carbonyl (C=O) groups is 1. The molecule has 120 valence electrons. The van der Waals surface area contributed by atoms with Crippen LogP contribution in [0.2, 0.25) is 0 Å². The number of carbonyl (C=O) groups excluding carboxylic acids is 1. The van der Waals surface area contributed by atoms with Crippen molar-refractivity contribution in [3.8, 4) is 0 Å². The van der Waals surface area contributed by atoms with Crippen LogP contribution in [-0.2, 0) is 4.79 Å². The first-order valence-corrected chi connectivity index (χ1v) is 8.76. The summed E-state index contributed by atoms with van der Waals surface area (Å²) in [6.07, 6.45) is 2.16. The van der Waals surface area contributed by atoms with Gasteiger partial charge in [-0.25, -0.2) is 9.97 Å². The number of benzene rings is 1. The molecule has 1 heterocycles. The van der Waals surface area contributed by atoms with Crippen LogP contribution in [-0.4, -0.2) is 21.9 Å². The minimum absolute atomic E-state index is 0.0446. The lowest BCUT2D eigenvalue weighted by atomic mass is 10.1. The van der Waals surface area contributed by atoms with E-state index in [9.17, 15) is 4.79 Å². The molecule has 1 aliphatic carbocycles. The van der Waals surface area contributed by atoms with Gasteiger partial charge in [-0.05, 0) is 44.7 Å². The Bertz CT molecular complexity index is 690. The van der Waals surface area contributed by atoms with Crippen LogP contribution in [0.25, 0.3) is 0 Å². The average molecular weight is 327 g/mol. The van der Waals surface area contributed by atoms with E-state index in [-0.39, 0.29) is 11.2 Å². The SMILES string of the molecule is Cc1nc(S[C@H](C(=O)NC2CC2)c2ccccc2)nc(C)c1C. The van der Waals surface area contributed by atoms with Gasteiger partial charge >= 0.3 is 0 Å². The van der Waals surface area contributed by atoms with Gasteiger partial charge in [0.2, 0.25) is 5.91 Å². The second-order valence-corrected chi connectivity index (χ2v) is 7.07. The van der Waals surface area contributed by atoms with E-state index in [0.29, 0.717) is 11.2 Å². The lowest BCUT2D eigenvalue weighted by Crippen LogP contribution is -2.29. The molecule has 23 heavy (non-hydrogen) atoms. The highest BCUT2D eigenvalue weighted by atomic mass is 32.2. The molecule has 1 aromatic heterocycles. The third-order valence-electron chi connectivity index (χ3n) is 4.10. The zero-order chi connectivity index (χ0) is 16.4. The van der Waals surface area contributed by atoms with E-state index in [1.54, 1.807) is 0 Å². The summed E-state index contributed by atoms with van der Waals surface area (Å²) in [5.41, 5.74) is 4.02. The predicted molar refractivity (Wildman–Crippen MR) is 92.4 cm³/mol.